The summed E-state index contributed by atoms with van der Waals surface area (Å²) < 4.78 is 0. The Balaban J connectivity index is 3.37. The maximum atomic E-state index is 10.3. The van der Waals surface area contributed by atoms with Crippen LogP contribution in [0.2, 0.25) is 0 Å². The van der Waals surface area contributed by atoms with Crippen LogP contribution in [0.4, 0.5) is 0 Å². The third kappa shape index (κ3) is 7.24. The van der Waals surface area contributed by atoms with Gasteiger partial charge in [-0.1, -0.05) is 18.1 Å². The molecule has 0 fully saturated rings. The molecule has 0 aliphatic heterocycles. The van der Waals surface area contributed by atoms with Gasteiger partial charge in [-0.3, -0.25) is 0 Å². The van der Waals surface area contributed by atoms with Crippen LogP contribution in [-0.2, 0) is 4.84 Å². The van der Waals surface area contributed by atoms with E-state index in [0.717, 1.165) is 31.2 Å². The summed E-state index contributed by atoms with van der Waals surface area (Å²) in [6.07, 6.45) is 4.59. The number of nitroso groups, excluding NO2 is 1. The molecular weight excluding hydrogens is 196 g/mol. The lowest BCUT2D eigenvalue weighted by Gasteiger charge is -2.22. The van der Waals surface area contributed by atoms with Crippen LogP contribution in [-0.4, -0.2) is 44.6 Å². The molecule has 0 atom stereocenters. The Morgan fingerprint density at radius 1 is 1.27 bits per heavy atom. The van der Waals surface area contributed by atoms with Crippen LogP contribution in [0.5, 0.6) is 0 Å². The van der Waals surface area contributed by atoms with Crippen molar-refractivity contribution in [2.75, 3.05) is 34.3 Å². The van der Waals surface area contributed by atoms with Gasteiger partial charge < -0.3 is 5.32 Å². The SMILES string of the molecule is CNCCCCCCN(C)N(N=O)OC. The quantitative estimate of drug-likeness (QED) is 0.339. The molecule has 0 amide bonds. The zero-order valence-electron chi connectivity index (χ0n) is 9.90. The van der Waals surface area contributed by atoms with Crippen molar-refractivity contribution in [3.63, 3.8) is 0 Å². The molecule has 6 heteroatoms. The lowest BCUT2D eigenvalue weighted by atomic mass is 10.2. The summed E-state index contributed by atoms with van der Waals surface area (Å²) in [5.41, 5.74) is 0. The molecule has 0 aromatic carbocycles. The van der Waals surface area contributed by atoms with Gasteiger partial charge in [-0.25, -0.2) is 4.84 Å². The molecule has 90 valence electrons. The van der Waals surface area contributed by atoms with Gasteiger partial charge in [0.05, 0.1) is 12.4 Å². The van der Waals surface area contributed by atoms with Crippen LogP contribution in [0.25, 0.3) is 0 Å². The van der Waals surface area contributed by atoms with Gasteiger partial charge in [-0.15, -0.1) is 4.91 Å². The fourth-order valence-corrected chi connectivity index (χ4v) is 1.32. The summed E-state index contributed by atoms with van der Waals surface area (Å²) in [5.74, 6) is 0. The lowest BCUT2D eigenvalue weighted by molar-refractivity contribution is -0.261. The highest BCUT2D eigenvalue weighted by molar-refractivity contribution is 4.48. The molecule has 0 unspecified atom stereocenters. The zero-order chi connectivity index (χ0) is 11.5. The summed E-state index contributed by atoms with van der Waals surface area (Å²) in [4.78, 5) is 15.0. The van der Waals surface area contributed by atoms with E-state index in [9.17, 15) is 4.91 Å². The standard InChI is InChI=1S/C9H22N4O2/c1-10-8-6-4-5-7-9-12(2)13(11-14)15-3/h10H,4-9H2,1-3H3. The van der Waals surface area contributed by atoms with Crippen LogP contribution in [0, 0.1) is 4.91 Å². The first-order valence-corrected chi connectivity index (χ1v) is 5.29. The molecule has 15 heavy (non-hydrogen) atoms. The van der Waals surface area contributed by atoms with E-state index in [2.05, 4.69) is 10.6 Å². The number of nitrogens with one attached hydrogen (secondary N) is 1. The summed E-state index contributed by atoms with van der Waals surface area (Å²) in [5, 5.41) is 8.43. The van der Waals surface area contributed by atoms with Crippen molar-refractivity contribution >= 4 is 0 Å². The number of hydrogen-bond acceptors (Lipinski definition) is 5. The second-order valence-corrected chi connectivity index (χ2v) is 3.42. The van der Waals surface area contributed by atoms with Gasteiger partial charge >= 0.3 is 0 Å². The summed E-state index contributed by atoms with van der Waals surface area (Å²) in [6, 6.07) is 0. The number of unbranched alkanes of at least 4 members (excludes halogenated alkanes) is 3. The predicted molar refractivity (Wildman–Crippen MR) is 59.7 cm³/mol. The zero-order valence-corrected chi connectivity index (χ0v) is 9.90. The average Bonchev–Trinajstić information content (AvgIpc) is 2.25. The van der Waals surface area contributed by atoms with Crippen molar-refractivity contribution in [3.8, 4) is 0 Å². The Morgan fingerprint density at radius 2 is 1.93 bits per heavy atom. The Labute approximate surface area is 91.4 Å². The van der Waals surface area contributed by atoms with Crippen molar-refractivity contribution in [2.45, 2.75) is 25.7 Å². The van der Waals surface area contributed by atoms with Crippen LogP contribution < -0.4 is 5.32 Å². The van der Waals surface area contributed by atoms with Gasteiger partial charge in [0.25, 0.3) is 0 Å². The molecule has 1 N–H and O–H groups in total. The minimum absolute atomic E-state index is 0.777. The third-order valence-corrected chi connectivity index (χ3v) is 2.18. The number of nitrogens with zero attached hydrogens (tertiary/aromatic N) is 3. The Bertz CT molecular complexity index is 157. The van der Waals surface area contributed by atoms with E-state index in [1.807, 2.05) is 7.05 Å². The molecule has 0 saturated carbocycles. The van der Waals surface area contributed by atoms with Crippen LogP contribution in [0.3, 0.4) is 0 Å². The fraction of sp³-hybridized carbons (Fsp3) is 1.00. The molecule has 0 aliphatic carbocycles. The van der Waals surface area contributed by atoms with Crippen molar-refractivity contribution in [2.24, 2.45) is 5.29 Å². The number of hydrogen-bond donors (Lipinski definition) is 1. The molecule has 0 saturated heterocycles. The highest BCUT2D eigenvalue weighted by atomic mass is 16.8. The summed E-state index contributed by atoms with van der Waals surface area (Å²) >= 11 is 0. The minimum Gasteiger partial charge on any atom is -0.320 e. The van der Waals surface area contributed by atoms with Crippen LogP contribution in [0.1, 0.15) is 25.7 Å². The highest BCUT2D eigenvalue weighted by Gasteiger charge is 2.07. The van der Waals surface area contributed by atoms with Crippen molar-refractivity contribution < 1.29 is 4.84 Å². The van der Waals surface area contributed by atoms with E-state index in [1.54, 1.807) is 12.1 Å². The Kier molecular flexibility index (Phi) is 9.35. The minimum atomic E-state index is 0.777. The first-order valence-electron chi connectivity index (χ1n) is 5.29. The average molecular weight is 218 g/mol. The monoisotopic (exact) mass is 218 g/mol. The smallest absolute Gasteiger partial charge is 0.0964 e. The molecular formula is C9H22N4O2. The summed E-state index contributed by atoms with van der Waals surface area (Å²) in [7, 11) is 5.16. The van der Waals surface area contributed by atoms with Crippen molar-refractivity contribution in [1.82, 2.24) is 15.6 Å². The van der Waals surface area contributed by atoms with E-state index in [4.69, 9.17) is 4.84 Å². The van der Waals surface area contributed by atoms with Crippen LogP contribution >= 0.6 is 0 Å². The molecule has 0 spiro atoms. The maximum absolute atomic E-state index is 10.3. The second kappa shape index (κ2) is 9.82. The fourth-order valence-electron chi connectivity index (χ4n) is 1.32. The molecule has 0 aliphatic rings. The molecule has 0 radical (unpaired) electrons. The van der Waals surface area contributed by atoms with Crippen molar-refractivity contribution in [3.05, 3.63) is 4.91 Å². The largest absolute Gasteiger partial charge is 0.320 e. The van der Waals surface area contributed by atoms with Gasteiger partial charge in [0.1, 0.15) is 0 Å². The Morgan fingerprint density at radius 3 is 2.47 bits per heavy atom. The van der Waals surface area contributed by atoms with E-state index < -0.39 is 0 Å². The number of rotatable bonds is 10. The van der Waals surface area contributed by atoms with E-state index >= 15 is 0 Å². The molecule has 0 aromatic heterocycles. The van der Waals surface area contributed by atoms with Gasteiger partial charge in [-0.05, 0) is 26.4 Å². The molecule has 0 rings (SSSR count). The number of hydrazine groups is 1. The summed E-state index contributed by atoms with van der Waals surface area (Å²) in [6.45, 7) is 1.84. The van der Waals surface area contributed by atoms with E-state index in [0.29, 0.717) is 0 Å². The van der Waals surface area contributed by atoms with Crippen LogP contribution in [0.15, 0.2) is 5.29 Å². The Hall–Kier alpha value is -0.720. The maximum Gasteiger partial charge on any atom is 0.0964 e. The predicted octanol–water partition coefficient (Wildman–Crippen LogP) is 1.16. The van der Waals surface area contributed by atoms with Gasteiger partial charge in [0.15, 0.2) is 0 Å². The van der Waals surface area contributed by atoms with Gasteiger partial charge in [0.2, 0.25) is 0 Å². The lowest BCUT2D eigenvalue weighted by Crippen LogP contribution is -2.35. The van der Waals surface area contributed by atoms with E-state index in [-0.39, 0.29) is 0 Å². The highest BCUT2D eigenvalue weighted by Crippen LogP contribution is 2.02. The first-order chi connectivity index (χ1) is 7.26. The topological polar surface area (TPSA) is 57.2 Å². The first kappa shape index (κ1) is 14.3. The van der Waals surface area contributed by atoms with Gasteiger partial charge in [-0.2, -0.15) is 5.01 Å². The molecule has 6 nitrogen and oxygen atoms in total. The van der Waals surface area contributed by atoms with Gasteiger partial charge in [0, 0.05) is 13.6 Å². The van der Waals surface area contributed by atoms with E-state index in [1.165, 1.54) is 20.0 Å². The molecule has 0 heterocycles. The second-order valence-electron chi connectivity index (χ2n) is 3.42. The third-order valence-electron chi connectivity index (χ3n) is 2.18. The van der Waals surface area contributed by atoms with Crippen molar-refractivity contribution in [1.29, 1.82) is 0 Å². The normalized spacial score (nSPS) is 10.7. The molecule has 0 bridgehead atoms. The molecule has 0 aromatic rings.